The highest BCUT2D eigenvalue weighted by Gasteiger charge is 2.21. The van der Waals surface area contributed by atoms with Gasteiger partial charge in [-0.25, -0.2) is 0 Å². The summed E-state index contributed by atoms with van der Waals surface area (Å²) in [6.07, 6.45) is 0.217. The molecule has 1 fully saturated rings. The standard InChI is InChI=1S/C14H22N2O/c1-11(2)17-14-7-5-4-6-13(14)16-9-8-15-10-12(16)3/h4-7,11-12,15H,8-10H2,1-3H3/t12-/m1/s1. The van der Waals surface area contributed by atoms with Crippen molar-refractivity contribution in [3.63, 3.8) is 0 Å². The van der Waals surface area contributed by atoms with Crippen LogP contribution in [0.25, 0.3) is 0 Å². The molecule has 2 rings (SSSR count). The van der Waals surface area contributed by atoms with E-state index in [0.717, 1.165) is 25.4 Å². The first-order valence-electron chi connectivity index (χ1n) is 6.41. The molecule has 1 saturated heterocycles. The second kappa shape index (κ2) is 5.41. The van der Waals surface area contributed by atoms with Gasteiger partial charge in [0.05, 0.1) is 11.8 Å². The highest BCUT2D eigenvalue weighted by Crippen LogP contribution is 2.30. The second-order valence-corrected chi connectivity index (χ2v) is 4.88. The van der Waals surface area contributed by atoms with Crippen LogP contribution < -0.4 is 15.0 Å². The van der Waals surface area contributed by atoms with Crippen LogP contribution in [0.3, 0.4) is 0 Å². The van der Waals surface area contributed by atoms with Crippen LogP contribution in [0.2, 0.25) is 0 Å². The zero-order valence-electron chi connectivity index (χ0n) is 10.9. The summed E-state index contributed by atoms with van der Waals surface area (Å²) in [5.41, 5.74) is 1.22. The van der Waals surface area contributed by atoms with E-state index < -0.39 is 0 Å². The van der Waals surface area contributed by atoms with Crippen LogP contribution in [0.15, 0.2) is 24.3 Å². The smallest absolute Gasteiger partial charge is 0.142 e. The second-order valence-electron chi connectivity index (χ2n) is 4.88. The molecule has 0 unspecified atom stereocenters. The quantitative estimate of drug-likeness (QED) is 0.868. The molecular weight excluding hydrogens is 212 g/mol. The van der Waals surface area contributed by atoms with Gasteiger partial charge in [-0.3, -0.25) is 0 Å². The maximum Gasteiger partial charge on any atom is 0.142 e. The van der Waals surface area contributed by atoms with E-state index in [0.29, 0.717) is 6.04 Å². The number of rotatable bonds is 3. The molecule has 94 valence electrons. The highest BCUT2D eigenvalue weighted by atomic mass is 16.5. The Labute approximate surface area is 104 Å². The predicted molar refractivity (Wildman–Crippen MR) is 71.9 cm³/mol. The monoisotopic (exact) mass is 234 g/mol. The first kappa shape index (κ1) is 12.2. The number of benzene rings is 1. The van der Waals surface area contributed by atoms with E-state index in [1.807, 2.05) is 6.07 Å². The van der Waals surface area contributed by atoms with Gasteiger partial charge in [-0.1, -0.05) is 12.1 Å². The van der Waals surface area contributed by atoms with Crippen LogP contribution in [0.5, 0.6) is 5.75 Å². The lowest BCUT2D eigenvalue weighted by molar-refractivity contribution is 0.242. The topological polar surface area (TPSA) is 24.5 Å². The summed E-state index contributed by atoms with van der Waals surface area (Å²) in [4.78, 5) is 2.42. The third kappa shape index (κ3) is 2.91. The summed E-state index contributed by atoms with van der Waals surface area (Å²) >= 11 is 0. The van der Waals surface area contributed by atoms with Gasteiger partial charge in [0.15, 0.2) is 0 Å². The van der Waals surface area contributed by atoms with Crippen LogP contribution in [-0.4, -0.2) is 31.8 Å². The summed E-state index contributed by atoms with van der Waals surface area (Å²) in [6.45, 7) is 9.50. The molecule has 0 aromatic heterocycles. The molecule has 0 spiro atoms. The van der Waals surface area contributed by atoms with Crippen molar-refractivity contribution in [1.82, 2.24) is 5.32 Å². The molecule has 0 amide bonds. The SMILES string of the molecule is CC(C)Oc1ccccc1N1CCNC[C@H]1C. The third-order valence-corrected chi connectivity index (χ3v) is 3.04. The van der Waals surface area contributed by atoms with Gasteiger partial charge in [-0.05, 0) is 32.9 Å². The van der Waals surface area contributed by atoms with Crippen molar-refractivity contribution in [2.24, 2.45) is 0 Å². The van der Waals surface area contributed by atoms with Gasteiger partial charge in [0.2, 0.25) is 0 Å². The van der Waals surface area contributed by atoms with Crippen molar-refractivity contribution in [3.05, 3.63) is 24.3 Å². The summed E-state index contributed by atoms with van der Waals surface area (Å²) in [7, 11) is 0. The lowest BCUT2D eigenvalue weighted by Gasteiger charge is -2.36. The Morgan fingerprint density at radius 1 is 1.35 bits per heavy atom. The van der Waals surface area contributed by atoms with Gasteiger partial charge in [-0.2, -0.15) is 0 Å². The van der Waals surface area contributed by atoms with Gasteiger partial charge in [-0.15, -0.1) is 0 Å². The van der Waals surface area contributed by atoms with E-state index in [9.17, 15) is 0 Å². The van der Waals surface area contributed by atoms with Crippen molar-refractivity contribution in [3.8, 4) is 5.75 Å². The minimum Gasteiger partial charge on any atom is -0.489 e. The number of hydrogen-bond acceptors (Lipinski definition) is 3. The molecule has 1 aromatic rings. The van der Waals surface area contributed by atoms with Gasteiger partial charge in [0.25, 0.3) is 0 Å². The number of hydrogen-bond donors (Lipinski definition) is 1. The molecule has 0 radical (unpaired) electrons. The van der Waals surface area contributed by atoms with E-state index in [1.165, 1.54) is 5.69 Å². The Bertz CT molecular complexity index is 365. The molecule has 0 bridgehead atoms. The van der Waals surface area contributed by atoms with Gasteiger partial charge in [0, 0.05) is 25.7 Å². The number of para-hydroxylation sites is 2. The number of nitrogens with zero attached hydrogens (tertiary/aromatic N) is 1. The molecule has 1 heterocycles. The minimum atomic E-state index is 0.217. The fourth-order valence-electron chi connectivity index (χ4n) is 2.25. The van der Waals surface area contributed by atoms with Gasteiger partial charge in [0.1, 0.15) is 5.75 Å². The largest absolute Gasteiger partial charge is 0.489 e. The Balaban J connectivity index is 2.23. The minimum absolute atomic E-state index is 0.217. The highest BCUT2D eigenvalue weighted by molar-refractivity contribution is 5.59. The van der Waals surface area contributed by atoms with Crippen molar-refractivity contribution in [2.45, 2.75) is 32.9 Å². The van der Waals surface area contributed by atoms with E-state index in [-0.39, 0.29) is 6.10 Å². The zero-order chi connectivity index (χ0) is 12.3. The van der Waals surface area contributed by atoms with Crippen LogP contribution in [-0.2, 0) is 0 Å². The first-order valence-corrected chi connectivity index (χ1v) is 6.41. The fourth-order valence-corrected chi connectivity index (χ4v) is 2.25. The van der Waals surface area contributed by atoms with Gasteiger partial charge < -0.3 is 15.0 Å². The number of piperazine rings is 1. The average Bonchev–Trinajstić information content (AvgIpc) is 2.30. The van der Waals surface area contributed by atoms with Crippen molar-refractivity contribution in [2.75, 3.05) is 24.5 Å². The number of nitrogens with one attached hydrogen (secondary N) is 1. The van der Waals surface area contributed by atoms with Crippen LogP contribution in [0.4, 0.5) is 5.69 Å². The molecule has 3 nitrogen and oxygen atoms in total. The number of anilines is 1. The van der Waals surface area contributed by atoms with Crippen molar-refractivity contribution >= 4 is 5.69 Å². The molecule has 1 aromatic carbocycles. The Morgan fingerprint density at radius 3 is 2.82 bits per heavy atom. The summed E-state index contributed by atoms with van der Waals surface area (Å²) < 4.78 is 5.88. The van der Waals surface area contributed by atoms with Crippen LogP contribution in [0.1, 0.15) is 20.8 Å². The fraction of sp³-hybridized carbons (Fsp3) is 0.571. The van der Waals surface area contributed by atoms with E-state index in [2.05, 4.69) is 49.2 Å². The van der Waals surface area contributed by atoms with Crippen LogP contribution >= 0.6 is 0 Å². The molecule has 1 atom stereocenters. The zero-order valence-corrected chi connectivity index (χ0v) is 10.9. The number of ether oxygens (including phenoxy) is 1. The molecular formula is C14H22N2O. The molecule has 0 aliphatic carbocycles. The molecule has 1 aliphatic rings. The Morgan fingerprint density at radius 2 is 2.12 bits per heavy atom. The normalized spacial score (nSPS) is 20.7. The molecule has 1 N–H and O–H groups in total. The average molecular weight is 234 g/mol. The van der Waals surface area contributed by atoms with Gasteiger partial charge >= 0.3 is 0 Å². The Kier molecular flexibility index (Phi) is 3.89. The maximum absolute atomic E-state index is 5.88. The molecule has 0 saturated carbocycles. The van der Waals surface area contributed by atoms with Crippen LogP contribution in [0, 0.1) is 0 Å². The molecule has 17 heavy (non-hydrogen) atoms. The summed E-state index contributed by atoms with van der Waals surface area (Å²) in [5, 5.41) is 3.41. The van der Waals surface area contributed by atoms with Crippen molar-refractivity contribution in [1.29, 1.82) is 0 Å². The Hall–Kier alpha value is -1.22. The predicted octanol–water partition coefficient (Wildman–Crippen LogP) is 2.27. The maximum atomic E-state index is 5.88. The molecule has 1 aliphatic heterocycles. The summed E-state index contributed by atoms with van der Waals surface area (Å²) in [6, 6.07) is 8.84. The lowest BCUT2D eigenvalue weighted by Crippen LogP contribution is -2.50. The van der Waals surface area contributed by atoms with Crippen molar-refractivity contribution < 1.29 is 4.74 Å². The summed E-state index contributed by atoms with van der Waals surface area (Å²) in [5.74, 6) is 0.997. The van der Waals surface area contributed by atoms with E-state index in [4.69, 9.17) is 4.74 Å². The van der Waals surface area contributed by atoms with E-state index >= 15 is 0 Å². The van der Waals surface area contributed by atoms with E-state index in [1.54, 1.807) is 0 Å². The molecule has 3 heteroatoms. The first-order chi connectivity index (χ1) is 8.18. The lowest BCUT2D eigenvalue weighted by atomic mass is 10.1. The third-order valence-electron chi connectivity index (χ3n) is 3.04.